The number of hydrogen-bond acceptors (Lipinski definition) is 3. The van der Waals surface area contributed by atoms with Gasteiger partial charge in [0.2, 0.25) is 5.91 Å². The first kappa shape index (κ1) is 15.5. The van der Waals surface area contributed by atoms with Crippen molar-refractivity contribution >= 4 is 5.91 Å². The van der Waals surface area contributed by atoms with Crippen molar-refractivity contribution in [2.24, 2.45) is 0 Å². The summed E-state index contributed by atoms with van der Waals surface area (Å²) >= 11 is 0. The summed E-state index contributed by atoms with van der Waals surface area (Å²) in [5.41, 5.74) is 1.02. The highest BCUT2D eigenvalue weighted by Gasteiger charge is 2.19. The van der Waals surface area contributed by atoms with Gasteiger partial charge >= 0.3 is 0 Å². The van der Waals surface area contributed by atoms with Gasteiger partial charge in [-0.2, -0.15) is 0 Å². The minimum absolute atomic E-state index is 0.0161. The van der Waals surface area contributed by atoms with E-state index in [1.807, 2.05) is 52.1 Å². The molecule has 4 nitrogen and oxygen atoms in total. The van der Waals surface area contributed by atoms with Gasteiger partial charge in [-0.15, -0.1) is 0 Å². The molecule has 0 aliphatic carbocycles. The van der Waals surface area contributed by atoms with E-state index < -0.39 is 0 Å². The lowest BCUT2D eigenvalue weighted by molar-refractivity contribution is -0.130. The summed E-state index contributed by atoms with van der Waals surface area (Å²) in [6.45, 7) is 6.41. The lowest BCUT2D eigenvalue weighted by Gasteiger charge is -2.27. The number of methoxy groups -OCH3 is 1. The van der Waals surface area contributed by atoms with Gasteiger partial charge in [0, 0.05) is 18.7 Å². The zero-order valence-corrected chi connectivity index (χ0v) is 12.4. The third kappa shape index (κ3) is 4.24. The molecular formula is C15H24N2O2. The lowest BCUT2D eigenvalue weighted by atomic mass is 10.1. The second-order valence-electron chi connectivity index (χ2n) is 4.96. The first-order chi connectivity index (χ1) is 8.97. The van der Waals surface area contributed by atoms with Gasteiger partial charge in [-0.3, -0.25) is 4.79 Å². The molecule has 0 saturated carbocycles. The van der Waals surface area contributed by atoms with Crippen LogP contribution in [0.2, 0.25) is 0 Å². The Bertz CT molecular complexity index is 418. The Labute approximate surface area is 115 Å². The van der Waals surface area contributed by atoms with E-state index in [-0.39, 0.29) is 11.9 Å². The van der Waals surface area contributed by atoms with E-state index in [4.69, 9.17) is 4.74 Å². The SMILES string of the molecule is COc1ccccc1C(C)N(C)C(=O)CNC(C)C. The summed E-state index contributed by atoms with van der Waals surface area (Å²) in [5.74, 6) is 0.888. The number of hydrogen-bond donors (Lipinski definition) is 1. The predicted octanol–water partition coefficient (Wildman–Crippen LogP) is 2.21. The molecule has 0 heterocycles. The molecular weight excluding hydrogens is 240 g/mol. The molecule has 1 aromatic carbocycles. The number of nitrogens with one attached hydrogen (secondary N) is 1. The number of carbonyl (C=O) groups excluding carboxylic acids is 1. The van der Waals surface area contributed by atoms with E-state index >= 15 is 0 Å². The molecule has 0 aliphatic rings. The maximum absolute atomic E-state index is 12.1. The van der Waals surface area contributed by atoms with Crippen LogP contribution in [0.25, 0.3) is 0 Å². The molecule has 1 unspecified atom stereocenters. The molecule has 1 atom stereocenters. The minimum Gasteiger partial charge on any atom is -0.496 e. The van der Waals surface area contributed by atoms with Crippen molar-refractivity contribution in [3.63, 3.8) is 0 Å². The van der Waals surface area contributed by atoms with Gasteiger partial charge in [-0.1, -0.05) is 32.0 Å². The summed E-state index contributed by atoms with van der Waals surface area (Å²) in [5, 5.41) is 3.14. The zero-order chi connectivity index (χ0) is 14.4. The van der Waals surface area contributed by atoms with E-state index in [2.05, 4.69) is 5.32 Å². The molecule has 0 fully saturated rings. The molecule has 1 amide bonds. The molecule has 0 bridgehead atoms. The number of benzene rings is 1. The third-order valence-electron chi connectivity index (χ3n) is 3.22. The smallest absolute Gasteiger partial charge is 0.236 e. The molecule has 1 N–H and O–H groups in total. The fraction of sp³-hybridized carbons (Fsp3) is 0.533. The van der Waals surface area contributed by atoms with Crippen LogP contribution in [0.1, 0.15) is 32.4 Å². The molecule has 0 saturated heterocycles. The van der Waals surface area contributed by atoms with E-state index in [9.17, 15) is 4.79 Å². The van der Waals surface area contributed by atoms with Gasteiger partial charge in [0.05, 0.1) is 19.7 Å². The predicted molar refractivity (Wildman–Crippen MR) is 77.3 cm³/mol. The van der Waals surface area contributed by atoms with Gasteiger partial charge in [-0.05, 0) is 13.0 Å². The Morgan fingerprint density at radius 2 is 1.95 bits per heavy atom. The third-order valence-corrected chi connectivity index (χ3v) is 3.22. The number of carbonyl (C=O) groups is 1. The first-order valence-electron chi connectivity index (χ1n) is 6.59. The van der Waals surface area contributed by atoms with Gasteiger partial charge in [0.25, 0.3) is 0 Å². The number of ether oxygens (including phenoxy) is 1. The molecule has 19 heavy (non-hydrogen) atoms. The van der Waals surface area contributed by atoms with Gasteiger partial charge in [-0.25, -0.2) is 0 Å². The lowest BCUT2D eigenvalue weighted by Crippen LogP contribution is -2.39. The number of nitrogens with zero attached hydrogens (tertiary/aromatic N) is 1. The molecule has 4 heteroatoms. The van der Waals surface area contributed by atoms with Gasteiger partial charge in [0.1, 0.15) is 5.75 Å². The molecule has 1 aromatic rings. The van der Waals surface area contributed by atoms with Crippen LogP contribution < -0.4 is 10.1 Å². The van der Waals surface area contributed by atoms with Gasteiger partial charge < -0.3 is 15.0 Å². The van der Waals surface area contributed by atoms with Crippen LogP contribution in [-0.2, 0) is 4.79 Å². The normalized spacial score (nSPS) is 12.3. The van der Waals surface area contributed by atoms with Crippen molar-refractivity contribution in [2.45, 2.75) is 32.9 Å². The Morgan fingerprint density at radius 3 is 2.53 bits per heavy atom. The highest BCUT2D eigenvalue weighted by atomic mass is 16.5. The van der Waals surface area contributed by atoms with Crippen molar-refractivity contribution < 1.29 is 9.53 Å². The molecule has 0 aliphatic heterocycles. The Balaban J connectivity index is 2.75. The van der Waals surface area contributed by atoms with Crippen LogP contribution in [-0.4, -0.2) is 37.6 Å². The largest absolute Gasteiger partial charge is 0.496 e. The van der Waals surface area contributed by atoms with Crippen LogP contribution >= 0.6 is 0 Å². The topological polar surface area (TPSA) is 41.6 Å². The van der Waals surface area contributed by atoms with Crippen LogP contribution in [0.15, 0.2) is 24.3 Å². The maximum atomic E-state index is 12.1. The maximum Gasteiger partial charge on any atom is 0.236 e. The number of likely N-dealkylation sites (N-methyl/N-ethyl adjacent to an activating group) is 1. The fourth-order valence-electron chi connectivity index (χ4n) is 1.85. The van der Waals surface area contributed by atoms with E-state index in [0.29, 0.717) is 12.6 Å². The Morgan fingerprint density at radius 1 is 1.32 bits per heavy atom. The number of para-hydroxylation sites is 1. The molecule has 0 spiro atoms. The van der Waals surface area contributed by atoms with Crippen LogP contribution in [0.3, 0.4) is 0 Å². The van der Waals surface area contributed by atoms with E-state index in [0.717, 1.165) is 11.3 Å². The van der Waals surface area contributed by atoms with Crippen molar-refractivity contribution in [3.05, 3.63) is 29.8 Å². The second kappa shape index (κ2) is 7.14. The molecule has 106 valence electrons. The average Bonchev–Trinajstić information content (AvgIpc) is 2.42. The van der Waals surface area contributed by atoms with Crippen molar-refractivity contribution in [2.75, 3.05) is 20.7 Å². The molecule has 1 rings (SSSR count). The summed E-state index contributed by atoms with van der Waals surface area (Å²) in [4.78, 5) is 13.8. The molecule has 0 aromatic heterocycles. The number of amides is 1. The zero-order valence-electron chi connectivity index (χ0n) is 12.4. The Kier molecular flexibility index (Phi) is 5.83. The Hall–Kier alpha value is -1.55. The number of rotatable bonds is 6. The summed E-state index contributed by atoms with van der Waals surface area (Å²) < 4.78 is 5.34. The summed E-state index contributed by atoms with van der Waals surface area (Å²) in [7, 11) is 3.47. The first-order valence-corrected chi connectivity index (χ1v) is 6.59. The van der Waals surface area contributed by atoms with Crippen LogP contribution in [0.5, 0.6) is 5.75 Å². The highest BCUT2D eigenvalue weighted by molar-refractivity contribution is 5.78. The fourth-order valence-corrected chi connectivity index (χ4v) is 1.85. The highest BCUT2D eigenvalue weighted by Crippen LogP contribution is 2.27. The van der Waals surface area contributed by atoms with E-state index in [1.165, 1.54) is 0 Å². The van der Waals surface area contributed by atoms with Crippen molar-refractivity contribution in [1.29, 1.82) is 0 Å². The summed E-state index contributed by atoms with van der Waals surface area (Å²) in [6.07, 6.45) is 0. The summed E-state index contributed by atoms with van der Waals surface area (Å²) in [6, 6.07) is 8.08. The minimum atomic E-state index is -0.0161. The van der Waals surface area contributed by atoms with Gasteiger partial charge in [0.15, 0.2) is 0 Å². The van der Waals surface area contributed by atoms with Crippen LogP contribution in [0, 0.1) is 0 Å². The van der Waals surface area contributed by atoms with Crippen LogP contribution in [0.4, 0.5) is 0 Å². The monoisotopic (exact) mass is 264 g/mol. The van der Waals surface area contributed by atoms with Crippen molar-refractivity contribution in [1.82, 2.24) is 10.2 Å². The quantitative estimate of drug-likeness (QED) is 0.856. The second-order valence-corrected chi connectivity index (χ2v) is 4.96. The molecule has 0 radical (unpaired) electrons. The average molecular weight is 264 g/mol. The van der Waals surface area contributed by atoms with E-state index in [1.54, 1.807) is 12.0 Å². The van der Waals surface area contributed by atoms with Crippen molar-refractivity contribution in [3.8, 4) is 5.75 Å². The standard InChI is InChI=1S/C15H24N2O2/c1-11(2)16-10-15(18)17(4)12(3)13-8-6-7-9-14(13)19-5/h6-9,11-12,16H,10H2,1-5H3.